The Balaban J connectivity index is 1.78. The molecule has 0 fully saturated rings. The maximum Gasteiger partial charge on any atom is 0.227 e. The lowest BCUT2D eigenvalue weighted by atomic mass is 10.1. The molecule has 6 heteroatoms. The first-order valence-corrected chi connectivity index (χ1v) is 9.60. The predicted molar refractivity (Wildman–Crippen MR) is 112 cm³/mol. The van der Waals surface area contributed by atoms with E-state index >= 15 is 0 Å². The van der Waals surface area contributed by atoms with Crippen molar-refractivity contribution in [3.8, 4) is 0 Å². The molecule has 1 N–H and O–H groups in total. The number of benzene rings is 2. The quantitative estimate of drug-likeness (QED) is 0.625. The SMILES string of the molecule is CN(C)CCN(Cc1cccc(Cl)c1)C(=O)Cc1c[nH]c2cc(Cl)ccc12. The Bertz CT molecular complexity index is 936. The van der Waals surface area contributed by atoms with Gasteiger partial charge in [-0.15, -0.1) is 0 Å². The minimum absolute atomic E-state index is 0.0904. The lowest BCUT2D eigenvalue weighted by Crippen LogP contribution is -2.37. The molecular formula is C21H23Cl2N3O. The van der Waals surface area contributed by atoms with Crippen molar-refractivity contribution in [1.82, 2.24) is 14.8 Å². The van der Waals surface area contributed by atoms with Crippen molar-refractivity contribution in [2.24, 2.45) is 0 Å². The van der Waals surface area contributed by atoms with E-state index in [0.29, 0.717) is 29.6 Å². The Labute approximate surface area is 169 Å². The Kier molecular flexibility index (Phi) is 6.42. The molecule has 0 aliphatic carbocycles. The van der Waals surface area contributed by atoms with Crippen LogP contribution in [0, 0.1) is 0 Å². The van der Waals surface area contributed by atoms with E-state index in [1.165, 1.54) is 0 Å². The molecule has 0 unspecified atom stereocenters. The molecule has 0 radical (unpaired) electrons. The average molecular weight is 404 g/mol. The molecule has 0 aliphatic rings. The van der Waals surface area contributed by atoms with E-state index in [0.717, 1.165) is 28.6 Å². The second-order valence-corrected chi connectivity index (χ2v) is 7.80. The number of likely N-dealkylation sites (N-methyl/N-ethyl adjacent to an activating group) is 1. The van der Waals surface area contributed by atoms with Crippen LogP contribution in [0.25, 0.3) is 10.9 Å². The molecule has 0 atom stereocenters. The van der Waals surface area contributed by atoms with Gasteiger partial charge in [-0.1, -0.05) is 41.4 Å². The number of fused-ring (bicyclic) bond motifs is 1. The highest BCUT2D eigenvalue weighted by atomic mass is 35.5. The number of halogens is 2. The molecule has 1 heterocycles. The van der Waals surface area contributed by atoms with Gasteiger partial charge in [-0.2, -0.15) is 0 Å². The van der Waals surface area contributed by atoms with Crippen molar-refractivity contribution < 1.29 is 4.79 Å². The van der Waals surface area contributed by atoms with Gasteiger partial charge in [0.2, 0.25) is 5.91 Å². The average Bonchev–Trinajstić information content (AvgIpc) is 3.00. The molecule has 0 spiro atoms. The number of carbonyl (C=O) groups is 1. The molecule has 3 aromatic rings. The largest absolute Gasteiger partial charge is 0.361 e. The molecule has 1 amide bonds. The summed E-state index contributed by atoms with van der Waals surface area (Å²) in [5, 5.41) is 2.39. The molecule has 2 aromatic carbocycles. The predicted octanol–water partition coefficient (Wildman–Crippen LogP) is 4.61. The number of rotatable bonds is 7. The number of nitrogens with zero attached hydrogens (tertiary/aromatic N) is 2. The van der Waals surface area contributed by atoms with Crippen molar-refractivity contribution in [3.63, 3.8) is 0 Å². The summed E-state index contributed by atoms with van der Waals surface area (Å²) in [5.74, 6) is 0.0904. The fourth-order valence-electron chi connectivity index (χ4n) is 3.05. The number of hydrogen-bond donors (Lipinski definition) is 1. The lowest BCUT2D eigenvalue weighted by molar-refractivity contribution is -0.131. The normalized spacial score (nSPS) is 11.3. The molecule has 0 aliphatic heterocycles. The Morgan fingerprint density at radius 1 is 1.04 bits per heavy atom. The molecule has 4 nitrogen and oxygen atoms in total. The van der Waals surface area contributed by atoms with E-state index in [1.54, 1.807) is 0 Å². The van der Waals surface area contributed by atoms with Crippen LogP contribution in [0.4, 0.5) is 0 Å². The van der Waals surface area contributed by atoms with Gasteiger partial charge in [0.1, 0.15) is 0 Å². The number of nitrogens with one attached hydrogen (secondary N) is 1. The second kappa shape index (κ2) is 8.79. The summed E-state index contributed by atoms with van der Waals surface area (Å²) >= 11 is 12.1. The van der Waals surface area contributed by atoms with Crippen LogP contribution in [0.3, 0.4) is 0 Å². The summed E-state index contributed by atoms with van der Waals surface area (Å²) in [4.78, 5) is 20.2. The first-order valence-electron chi connectivity index (χ1n) is 8.85. The third-order valence-electron chi connectivity index (χ3n) is 4.50. The molecule has 27 heavy (non-hydrogen) atoms. The van der Waals surface area contributed by atoms with Crippen LogP contribution in [0.1, 0.15) is 11.1 Å². The Morgan fingerprint density at radius 3 is 2.56 bits per heavy atom. The smallest absolute Gasteiger partial charge is 0.227 e. The van der Waals surface area contributed by atoms with E-state index in [9.17, 15) is 4.79 Å². The zero-order chi connectivity index (χ0) is 19.4. The monoisotopic (exact) mass is 403 g/mol. The Morgan fingerprint density at radius 2 is 1.81 bits per heavy atom. The molecule has 3 rings (SSSR count). The fraction of sp³-hybridized carbons (Fsp3) is 0.286. The number of carbonyl (C=O) groups excluding carboxylic acids is 1. The van der Waals surface area contributed by atoms with Gasteiger partial charge in [0.25, 0.3) is 0 Å². The summed E-state index contributed by atoms with van der Waals surface area (Å²) in [6.07, 6.45) is 2.23. The van der Waals surface area contributed by atoms with Crippen molar-refractivity contribution in [2.75, 3.05) is 27.2 Å². The van der Waals surface area contributed by atoms with Crippen molar-refractivity contribution in [1.29, 1.82) is 0 Å². The number of aromatic nitrogens is 1. The van der Waals surface area contributed by atoms with Crippen molar-refractivity contribution in [2.45, 2.75) is 13.0 Å². The fourth-order valence-corrected chi connectivity index (χ4v) is 3.43. The van der Waals surface area contributed by atoms with Crippen LogP contribution in [-0.4, -0.2) is 47.9 Å². The minimum Gasteiger partial charge on any atom is -0.361 e. The van der Waals surface area contributed by atoms with E-state index < -0.39 is 0 Å². The van der Waals surface area contributed by atoms with Crippen molar-refractivity contribution in [3.05, 3.63) is 69.8 Å². The van der Waals surface area contributed by atoms with Crippen LogP contribution in [0.15, 0.2) is 48.7 Å². The van der Waals surface area contributed by atoms with Crippen LogP contribution < -0.4 is 0 Å². The molecular weight excluding hydrogens is 381 g/mol. The number of H-pyrrole nitrogens is 1. The van der Waals surface area contributed by atoms with Gasteiger partial charge in [0.15, 0.2) is 0 Å². The first kappa shape index (κ1) is 19.7. The van der Waals surface area contributed by atoms with Crippen LogP contribution in [0.5, 0.6) is 0 Å². The summed E-state index contributed by atoms with van der Waals surface area (Å²) in [7, 11) is 4.01. The maximum atomic E-state index is 13.1. The second-order valence-electron chi connectivity index (χ2n) is 6.93. The summed E-state index contributed by atoms with van der Waals surface area (Å²) < 4.78 is 0. The summed E-state index contributed by atoms with van der Waals surface area (Å²) in [6, 6.07) is 13.3. The number of hydrogen-bond acceptors (Lipinski definition) is 2. The molecule has 0 saturated heterocycles. The van der Waals surface area contributed by atoms with Crippen molar-refractivity contribution >= 4 is 40.0 Å². The number of aromatic amines is 1. The van der Waals surface area contributed by atoms with Crippen LogP contribution in [0.2, 0.25) is 10.0 Å². The molecule has 1 aromatic heterocycles. The van der Waals surface area contributed by atoms with Gasteiger partial charge in [0, 0.05) is 46.8 Å². The third kappa shape index (κ3) is 5.25. The minimum atomic E-state index is 0.0904. The van der Waals surface area contributed by atoms with E-state index in [-0.39, 0.29) is 5.91 Å². The summed E-state index contributed by atoms with van der Waals surface area (Å²) in [5.41, 5.74) is 2.95. The van der Waals surface area contributed by atoms with E-state index in [2.05, 4.69) is 9.88 Å². The lowest BCUT2D eigenvalue weighted by Gasteiger charge is -2.25. The van der Waals surface area contributed by atoms with Gasteiger partial charge in [-0.05, 0) is 49.5 Å². The molecule has 0 saturated carbocycles. The standard InChI is InChI=1S/C21H23Cl2N3O/c1-25(2)8-9-26(14-15-4-3-5-17(22)10-15)21(27)11-16-13-24-20-12-18(23)6-7-19(16)20/h3-7,10,12-13,24H,8-9,11,14H2,1-2H3. The molecule has 0 bridgehead atoms. The van der Waals surface area contributed by atoms with Gasteiger partial charge >= 0.3 is 0 Å². The number of amides is 1. The van der Waals surface area contributed by atoms with Crippen LogP contribution >= 0.6 is 23.2 Å². The van der Waals surface area contributed by atoms with E-state index in [4.69, 9.17) is 23.2 Å². The van der Waals surface area contributed by atoms with E-state index in [1.807, 2.05) is 67.7 Å². The molecule has 142 valence electrons. The zero-order valence-corrected chi connectivity index (χ0v) is 17.0. The van der Waals surface area contributed by atoms with Gasteiger partial charge in [-0.3, -0.25) is 4.79 Å². The third-order valence-corrected chi connectivity index (χ3v) is 4.97. The summed E-state index contributed by atoms with van der Waals surface area (Å²) in [6.45, 7) is 2.00. The topological polar surface area (TPSA) is 39.3 Å². The highest BCUT2D eigenvalue weighted by molar-refractivity contribution is 6.31. The van der Waals surface area contributed by atoms with Gasteiger partial charge in [-0.25, -0.2) is 0 Å². The first-order chi connectivity index (χ1) is 12.9. The van der Waals surface area contributed by atoms with Gasteiger partial charge in [0.05, 0.1) is 6.42 Å². The van der Waals surface area contributed by atoms with Gasteiger partial charge < -0.3 is 14.8 Å². The highest BCUT2D eigenvalue weighted by Crippen LogP contribution is 2.23. The highest BCUT2D eigenvalue weighted by Gasteiger charge is 2.17. The zero-order valence-electron chi connectivity index (χ0n) is 15.5. The Hall–Kier alpha value is -2.01. The van der Waals surface area contributed by atoms with Crippen LogP contribution in [-0.2, 0) is 17.8 Å². The maximum absolute atomic E-state index is 13.1.